The van der Waals surface area contributed by atoms with E-state index in [2.05, 4.69) is 18.8 Å². The Labute approximate surface area is 143 Å². The van der Waals surface area contributed by atoms with Crippen molar-refractivity contribution in [2.24, 2.45) is 11.3 Å². The van der Waals surface area contributed by atoms with Crippen LogP contribution in [0.25, 0.3) is 10.8 Å². The van der Waals surface area contributed by atoms with Crippen LogP contribution < -0.4 is 0 Å². The first-order chi connectivity index (χ1) is 11.5. The highest BCUT2D eigenvalue weighted by Gasteiger charge is 2.37. The van der Waals surface area contributed by atoms with Gasteiger partial charge in [-0.25, -0.2) is 0 Å². The van der Waals surface area contributed by atoms with Gasteiger partial charge in [-0.2, -0.15) is 0 Å². The molecule has 1 atom stereocenters. The van der Waals surface area contributed by atoms with Crippen LogP contribution >= 0.6 is 0 Å². The van der Waals surface area contributed by atoms with Gasteiger partial charge in [0.05, 0.1) is 6.61 Å². The number of hydrogen-bond acceptors (Lipinski definition) is 3. The summed E-state index contributed by atoms with van der Waals surface area (Å²) < 4.78 is 0. The minimum atomic E-state index is -0.159. The number of rotatable bonds is 4. The number of amides is 1. The Morgan fingerprint density at radius 3 is 2.96 bits per heavy atom. The van der Waals surface area contributed by atoms with E-state index in [0.29, 0.717) is 12.5 Å². The van der Waals surface area contributed by atoms with E-state index in [1.165, 1.54) is 0 Å². The van der Waals surface area contributed by atoms with E-state index >= 15 is 0 Å². The van der Waals surface area contributed by atoms with Crippen molar-refractivity contribution in [2.45, 2.75) is 33.1 Å². The van der Waals surface area contributed by atoms with Crippen LogP contribution in [0.1, 0.15) is 43.5 Å². The topological polar surface area (TPSA) is 53.4 Å². The van der Waals surface area contributed by atoms with Crippen molar-refractivity contribution in [1.29, 1.82) is 0 Å². The number of likely N-dealkylation sites (tertiary alicyclic amines) is 1. The zero-order chi connectivity index (χ0) is 17.2. The number of aliphatic hydroxyl groups is 1. The number of carbonyl (C=O) groups excluding carboxylic acids is 1. The van der Waals surface area contributed by atoms with E-state index in [9.17, 15) is 9.90 Å². The van der Waals surface area contributed by atoms with Crippen molar-refractivity contribution in [3.8, 4) is 0 Å². The summed E-state index contributed by atoms with van der Waals surface area (Å²) in [6.07, 6.45) is 6.41. The van der Waals surface area contributed by atoms with E-state index in [-0.39, 0.29) is 17.9 Å². The van der Waals surface area contributed by atoms with Gasteiger partial charge in [0.15, 0.2) is 0 Å². The van der Waals surface area contributed by atoms with Crippen LogP contribution in [0.15, 0.2) is 36.7 Å². The second-order valence-electron chi connectivity index (χ2n) is 7.49. The maximum atomic E-state index is 13.1. The molecule has 128 valence electrons. The molecule has 0 radical (unpaired) electrons. The fraction of sp³-hybridized carbons (Fsp3) is 0.500. The lowest BCUT2D eigenvalue weighted by Crippen LogP contribution is -2.48. The summed E-state index contributed by atoms with van der Waals surface area (Å²) in [5, 5.41) is 11.9. The zero-order valence-corrected chi connectivity index (χ0v) is 14.5. The molecule has 1 saturated heterocycles. The molecule has 1 aliphatic rings. The van der Waals surface area contributed by atoms with Crippen molar-refractivity contribution >= 4 is 16.7 Å². The number of aromatic nitrogens is 1. The minimum Gasteiger partial charge on any atom is -0.396 e. The number of piperidine rings is 1. The number of carbonyl (C=O) groups is 1. The van der Waals surface area contributed by atoms with Crippen LogP contribution in [-0.4, -0.2) is 40.6 Å². The molecular formula is C20H26N2O2. The molecule has 0 aliphatic carbocycles. The molecule has 1 fully saturated rings. The van der Waals surface area contributed by atoms with Crippen LogP contribution in [0.5, 0.6) is 0 Å². The van der Waals surface area contributed by atoms with E-state index in [1.54, 1.807) is 12.4 Å². The smallest absolute Gasteiger partial charge is 0.254 e. The van der Waals surface area contributed by atoms with E-state index in [0.717, 1.165) is 42.1 Å². The molecule has 1 aromatic heterocycles. The highest BCUT2D eigenvalue weighted by atomic mass is 16.3. The van der Waals surface area contributed by atoms with Crippen molar-refractivity contribution in [3.63, 3.8) is 0 Å². The normalized spacial score (nSPS) is 21.4. The van der Waals surface area contributed by atoms with Crippen LogP contribution in [0, 0.1) is 11.3 Å². The Hall–Kier alpha value is -1.94. The Kier molecular flexibility index (Phi) is 4.86. The molecule has 4 nitrogen and oxygen atoms in total. The zero-order valence-electron chi connectivity index (χ0n) is 14.5. The third-order valence-electron chi connectivity index (χ3n) is 5.04. The van der Waals surface area contributed by atoms with Gasteiger partial charge < -0.3 is 10.0 Å². The van der Waals surface area contributed by atoms with Crippen LogP contribution in [0.3, 0.4) is 0 Å². The molecule has 0 spiro atoms. The van der Waals surface area contributed by atoms with Gasteiger partial charge in [-0.15, -0.1) is 0 Å². The monoisotopic (exact) mass is 326 g/mol. The highest BCUT2D eigenvalue weighted by molar-refractivity contribution is 6.06. The first-order valence-corrected chi connectivity index (χ1v) is 8.77. The fourth-order valence-electron chi connectivity index (χ4n) is 4.09. The van der Waals surface area contributed by atoms with Gasteiger partial charge in [0.1, 0.15) is 0 Å². The second kappa shape index (κ2) is 6.89. The third-order valence-corrected chi connectivity index (χ3v) is 5.04. The Morgan fingerprint density at radius 1 is 1.38 bits per heavy atom. The predicted molar refractivity (Wildman–Crippen MR) is 95.9 cm³/mol. The lowest BCUT2D eigenvalue weighted by Gasteiger charge is -2.43. The summed E-state index contributed by atoms with van der Waals surface area (Å²) in [5.74, 6) is 0.573. The molecule has 1 aromatic carbocycles. The third kappa shape index (κ3) is 3.29. The minimum absolute atomic E-state index is 0.0630. The van der Waals surface area contributed by atoms with Crippen LogP contribution in [0.2, 0.25) is 0 Å². The number of nitrogens with zero attached hydrogens (tertiary/aromatic N) is 2. The van der Waals surface area contributed by atoms with E-state index in [1.807, 2.05) is 29.2 Å². The molecule has 1 aliphatic heterocycles. The van der Waals surface area contributed by atoms with E-state index in [4.69, 9.17) is 0 Å². The summed E-state index contributed by atoms with van der Waals surface area (Å²) in [5.41, 5.74) is 0.571. The number of hydrogen-bond donors (Lipinski definition) is 1. The SMILES string of the molecule is CC(C)CC1(CO)CCCN(C(=O)c2cccc3cnccc23)C1. The molecule has 1 unspecified atom stereocenters. The molecule has 0 bridgehead atoms. The molecule has 1 amide bonds. The van der Waals surface area contributed by atoms with Gasteiger partial charge in [0, 0.05) is 41.8 Å². The van der Waals surface area contributed by atoms with Crippen LogP contribution in [-0.2, 0) is 0 Å². The quantitative estimate of drug-likeness (QED) is 0.935. The highest BCUT2D eigenvalue weighted by Crippen LogP contribution is 2.36. The molecule has 3 rings (SSSR count). The summed E-state index contributed by atoms with van der Waals surface area (Å²) in [6.45, 7) is 5.91. The average Bonchev–Trinajstić information content (AvgIpc) is 2.60. The van der Waals surface area contributed by atoms with Gasteiger partial charge >= 0.3 is 0 Å². The number of fused-ring (bicyclic) bond motifs is 1. The molecular weight excluding hydrogens is 300 g/mol. The lowest BCUT2D eigenvalue weighted by molar-refractivity contribution is 0.0161. The molecule has 2 aromatic rings. The predicted octanol–water partition coefficient (Wildman–Crippen LogP) is 3.50. The van der Waals surface area contributed by atoms with Gasteiger partial charge in [-0.1, -0.05) is 26.0 Å². The average molecular weight is 326 g/mol. The first kappa shape index (κ1) is 16.9. The van der Waals surface area contributed by atoms with Crippen molar-refractivity contribution < 1.29 is 9.90 Å². The molecule has 1 N–H and O–H groups in total. The second-order valence-corrected chi connectivity index (χ2v) is 7.49. The Balaban J connectivity index is 1.89. The van der Waals surface area contributed by atoms with Crippen molar-refractivity contribution in [1.82, 2.24) is 9.88 Å². The Morgan fingerprint density at radius 2 is 2.21 bits per heavy atom. The standard InChI is InChI=1S/C20H26N2O2/c1-15(2)11-20(14-23)8-4-10-22(13-20)19(24)18-6-3-5-16-12-21-9-7-17(16)18/h3,5-7,9,12,15,23H,4,8,10-11,13-14H2,1-2H3. The van der Waals surface area contributed by atoms with Crippen LogP contribution in [0.4, 0.5) is 0 Å². The molecule has 0 saturated carbocycles. The van der Waals surface area contributed by atoms with Gasteiger partial charge in [-0.05, 0) is 42.7 Å². The van der Waals surface area contributed by atoms with Gasteiger partial charge in [0.25, 0.3) is 5.91 Å². The number of pyridine rings is 1. The van der Waals surface area contributed by atoms with E-state index < -0.39 is 0 Å². The Bertz CT molecular complexity index is 723. The fourth-order valence-corrected chi connectivity index (χ4v) is 4.09. The summed E-state index contributed by atoms with van der Waals surface area (Å²) >= 11 is 0. The van der Waals surface area contributed by atoms with Gasteiger partial charge in [-0.3, -0.25) is 9.78 Å². The summed E-state index contributed by atoms with van der Waals surface area (Å²) in [6, 6.07) is 7.68. The summed E-state index contributed by atoms with van der Waals surface area (Å²) in [7, 11) is 0. The number of aliphatic hydroxyl groups excluding tert-OH is 1. The maximum Gasteiger partial charge on any atom is 0.254 e. The summed E-state index contributed by atoms with van der Waals surface area (Å²) in [4.78, 5) is 19.2. The number of benzene rings is 1. The largest absolute Gasteiger partial charge is 0.396 e. The first-order valence-electron chi connectivity index (χ1n) is 8.77. The molecule has 24 heavy (non-hydrogen) atoms. The molecule has 4 heteroatoms. The van der Waals surface area contributed by atoms with Crippen molar-refractivity contribution in [2.75, 3.05) is 19.7 Å². The van der Waals surface area contributed by atoms with Gasteiger partial charge in [0.2, 0.25) is 0 Å². The molecule has 2 heterocycles. The van der Waals surface area contributed by atoms with Crippen molar-refractivity contribution in [3.05, 3.63) is 42.2 Å². The lowest BCUT2D eigenvalue weighted by atomic mass is 9.74. The maximum absolute atomic E-state index is 13.1.